The molecule has 0 saturated heterocycles. The van der Waals surface area contributed by atoms with Gasteiger partial charge in [-0.2, -0.15) is 0 Å². The quantitative estimate of drug-likeness (QED) is 0.0222. The first-order valence-corrected chi connectivity index (χ1v) is 42.8. The summed E-state index contributed by atoms with van der Waals surface area (Å²) in [5.41, 5.74) is 0. The fourth-order valence-electron chi connectivity index (χ4n) is 11.7. The summed E-state index contributed by atoms with van der Waals surface area (Å²) in [4.78, 5) is 72.8. The van der Waals surface area contributed by atoms with Crippen molar-refractivity contribution >= 4 is 39.5 Å². The number of phosphoric acid groups is 2. The molecule has 4 unspecified atom stereocenters. The number of carbonyl (C=O) groups is 4. The molecule has 0 rings (SSSR count). The number of hydrogen-bond donors (Lipinski definition) is 3. The molecule has 0 aromatic rings. The molecule has 0 fully saturated rings. The van der Waals surface area contributed by atoms with Crippen molar-refractivity contribution < 1.29 is 80.2 Å². The fraction of sp³-hybridized carbons (Fsp3) is 0.948. The molecule has 570 valence electrons. The molecule has 3 N–H and O–H groups in total. The van der Waals surface area contributed by atoms with Crippen molar-refractivity contribution in [2.45, 2.75) is 408 Å². The van der Waals surface area contributed by atoms with Crippen molar-refractivity contribution in [3.05, 3.63) is 0 Å². The molecule has 0 aliphatic heterocycles. The van der Waals surface area contributed by atoms with E-state index in [0.29, 0.717) is 25.7 Å². The van der Waals surface area contributed by atoms with Gasteiger partial charge in [0, 0.05) is 25.7 Å². The van der Waals surface area contributed by atoms with Gasteiger partial charge in [-0.25, -0.2) is 9.13 Å². The van der Waals surface area contributed by atoms with Crippen LogP contribution in [0, 0.1) is 23.7 Å². The number of carbonyl (C=O) groups excluding carboxylic acids is 4. The van der Waals surface area contributed by atoms with E-state index in [9.17, 15) is 43.2 Å². The van der Waals surface area contributed by atoms with Crippen LogP contribution in [0.5, 0.6) is 0 Å². The molecule has 0 aliphatic carbocycles. The molecule has 0 saturated carbocycles. The first-order valence-electron chi connectivity index (χ1n) is 39.8. The van der Waals surface area contributed by atoms with Gasteiger partial charge in [0.1, 0.15) is 19.3 Å². The molecular formula is C77H150O17P2. The van der Waals surface area contributed by atoms with Crippen molar-refractivity contribution in [3.8, 4) is 0 Å². The third-order valence-electron chi connectivity index (χ3n) is 18.5. The van der Waals surface area contributed by atoms with Crippen LogP contribution < -0.4 is 0 Å². The number of hydrogen-bond acceptors (Lipinski definition) is 15. The largest absolute Gasteiger partial charge is 0.472 e. The number of unbranched alkanes of at least 4 members (excludes halogenated alkanes) is 38. The van der Waals surface area contributed by atoms with E-state index in [4.69, 9.17) is 37.0 Å². The predicted octanol–water partition coefficient (Wildman–Crippen LogP) is 22.4. The van der Waals surface area contributed by atoms with Gasteiger partial charge in [0.25, 0.3) is 0 Å². The smallest absolute Gasteiger partial charge is 0.462 e. The molecule has 17 nitrogen and oxygen atoms in total. The highest BCUT2D eigenvalue weighted by Crippen LogP contribution is 2.45. The second kappa shape index (κ2) is 66.3. The van der Waals surface area contributed by atoms with E-state index in [0.717, 1.165) is 120 Å². The minimum atomic E-state index is -4.96. The lowest BCUT2D eigenvalue weighted by molar-refractivity contribution is -0.161. The Morgan fingerprint density at radius 2 is 0.500 bits per heavy atom. The normalized spacial score (nSPS) is 14.7. The molecule has 96 heavy (non-hydrogen) atoms. The highest BCUT2D eigenvalue weighted by Gasteiger charge is 2.30. The first kappa shape index (κ1) is 94.1. The summed E-state index contributed by atoms with van der Waals surface area (Å²) in [6.07, 6.45) is 51.3. The summed E-state index contributed by atoms with van der Waals surface area (Å²) >= 11 is 0. The Labute approximate surface area is 588 Å². The van der Waals surface area contributed by atoms with E-state index in [1.807, 2.05) is 0 Å². The Hall–Kier alpha value is -1.94. The molecule has 0 spiro atoms. The number of rotatable bonds is 74. The Balaban J connectivity index is 5.23. The minimum Gasteiger partial charge on any atom is -0.462 e. The zero-order valence-electron chi connectivity index (χ0n) is 63.0. The second-order valence-corrected chi connectivity index (χ2v) is 32.1. The number of ether oxygens (including phenoxy) is 4. The molecule has 0 aromatic heterocycles. The van der Waals surface area contributed by atoms with Crippen LogP contribution in [0.1, 0.15) is 389 Å². The van der Waals surface area contributed by atoms with Crippen LogP contribution in [0.15, 0.2) is 0 Å². The maximum atomic E-state index is 13.1. The second-order valence-electron chi connectivity index (χ2n) is 29.2. The summed E-state index contributed by atoms with van der Waals surface area (Å²) in [7, 11) is -9.92. The average Bonchev–Trinajstić information content (AvgIpc) is 1.23. The van der Waals surface area contributed by atoms with E-state index in [1.165, 1.54) is 186 Å². The molecule has 0 bridgehead atoms. The van der Waals surface area contributed by atoms with Gasteiger partial charge >= 0.3 is 39.5 Å². The summed E-state index contributed by atoms with van der Waals surface area (Å²) < 4.78 is 68.6. The standard InChI is InChI=1S/C77H150O17P2/c1-9-69(7)55-47-39-31-27-28-34-44-52-60-77(82)94-72(63-87-74(79)57-49-41-32-25-21-17-13-11-12-15-19-23-29-37-45-53-67(3)4)65-91-95(83,84)89-61-71(78)62-90-96(85,86)92-66-73(64-88-75(80)58-50-42-36-35-40-48-56-70(8)10-2)93-76(81)59-51-43-33-26-22-18-14-16-20-24-30-38-46-54-68(5)6/h67-73,78H,9-66H2,1-8H3,(H,83,84)(H,85,86)/t69?,70?,71-,72-,73-/m1/s1. The predicted molar refractivity (Wildman–Crippen MR) is 391 cm³/mol. The summed E-state index contributed by atoms with van der Waals surface area (Å²) in [6, 6.07) is 0. The van der Waals surface area contributed by atoms with Gasteiger partial charge in [-0.05, 0) is 49.4 Å². The van der Waals surface area contributed by atoms with Gasteiger partial charge in [-0.3, -0.25) is 37.3 Å². The van der Waals surface area contributed by atoms with Crippen molar-refractivity contribution in [2.75, 3.05) is 39.6 Å². The topological polar surface area (TPSA) is 237 Å². The van der Waals surface area contributed by atoms with Crippen LogP contribution in [0.2, 0.25) is 0 Å². The molecule has 0 aliphatic rings. The van der Waals surface area contributed by atoms with Crippen LogP contribution in [0.3, 0.4) is 0 Å². The van der Waals surface area contributed by atoms with Crippen molar-refractivity contribution in [1.29, 1.82) is 0 Å². The van der Waals surface area contributed by atoms with Crippen LogP contribution in [0.4, 0.5) is 0 Å². The highest BCUT2D eigenvalue weighted by atomic mass is 31.2. The molecule has 19 heteroatoms. The summed E-state index contributed by atoms with van der Waals surface area (Å²) in [6.45, 7) is 14.2. The van der Waals surface area contributed by atoms with Gasteiger partial charge < -0.3 is 33.8 Å². The van der Waals surface area contributed by atoms with Gasteiger partial charge in [0.05, 0.1) is 26.4 Å². The van der Waals surface area contributed by atoms with Crippen LogP contribution in [-0.4, -0.2) is 96.7 Å². The molecule has 0 heterocycles. The molecule has 0 radical (unpaired) electrons. The number of aliphatic hydroxyl groups is 1. The van der Waals surface area contributed by atoms with Gasteiger partial charge in [0.2, 0.25) is 0 Å². The van der Waals surface area contributed by atoms with Crippen molar-refractivity contribution in [1.82, 2.24) is 0 Å². The minimum absolute atomic E-state index is 0.105. The summed E-state index contributed by atoms with van der Waals surface area (Å²) in [5, 5.41) is 10.6. The fourth-order valence-corrected chi connectivity index (χ4v) is 13.2. The highest BCUT2D eigenvalue weighted by molar-refractivity contribution is 7.47. The average molecular weight is 1410 g/mol. The van der Waals surface area contributed by atoms with E-state index in [-0.39, 0.29) is 25.7 Å². The van der Waals surface area contributed by atoms with E-state index in [2.05, 4.69) is 55.4 Å². The lowest BCUT2D eigenvalue weighted by Gasteiger charge is -2.21. The Morgan fingerprint density at radius 3 is 0.740 bits per heavy atom. The molecule has 7 atom stereocenters. The van der Waals surface area contributed by atoms with Gasteiger partial charge in [0.15, 0.2) is 12.2 Å². The zero-order valence-corrected chi connectivity index (χ0v) is 64.8. The maximum Gasteiger partial charge on any atom is 0.472 e. The van der Waals surface area contributed by atoms with Crippen LogP contribution >= 0.6 is 15.6 Å². The Morgan fingerprint density at radius 1 is 0.292 bits per heavy atom. The monoisotopic (exact) mass is 1410 g/mol. The number of phosphoric ester groups is 2. The van der Waals surface area contributed by atoms with Crippen LogP contribution in [0.25, 0.3) is 0 Å². The Kier molecular flexibility index (Phi) is 65.0. The SMILES string of the molecule is CCC(C)CCCCCCCCCCC(=O)O[C@H](COC(=O)CCCCCCCCCCCCCCCCCC(C)C)COP(=O)(O)OC[C@@H](O)COP(=O)(O)OC[C@@H](COC(=O)CCCCCCCCC(C)CC)OC(=O)CCCCCCCCCCCCCCCC(C)C. The molecule has 0 amide bonds. The lowest BCUT2D eigenvalue weighted by atomic mass is 9.99. The lowest BCUT2D eigenvalue weighted by Crippen LogP contribution is -2.30. The van der Waals surface area contributed by atoms with E-state index in [1.54, 1.807) is 0 Å². The summed E-state index contributed by atoms with van der Waals surface area (Å²) in [5.74, 6) is 0.972. The van der Waals surface area contributed by atoms with Crippen molar-refractivity contribution in [2.24, 2.45) is 23.7 Å². The molecular weight excluding hydrogens is 1260 g/mol. The Bertz CT molecular complexity index is 1890. The zero-order chi connectivity index (χ0) is 71.0. The molecule has 0 aromatic carbocycles. The van der Waals surface area contributed by atoms with Gasteiger partial charge in [-0.15, -0.1) is 0 Å². The third-order valence-corrected chi connectivity index (χ3v) is 20.4. The van der Waals surface area contributed by atoms with Crippen molar-refractivity contribution in [3.63, 3.8) is 0 Å². The maximum absolute atomic E-state index is 13.1. The number of esters is 4. The first-order chi connectivity index (χ1) is 46.2. The number of aliphatic hydroxyl groups excluding tert-OH is 1. The van der Waals surface area contributed by atoms with E-state index >= 15 is 0 Å². The van der Waals surface area contributed by atoms with Gasteiger partial charge in [-0.1, -0.05) is 338 Å². The van der Waals surface area contributed by atoms with E-state index < -0.39 is 97.5 Å². The third kappa shape index (κ3) is 67.9. The van der Waals surface area contributed by atoms with Crippen LogP contribution in [-0.2, 0) is 65.4 Å².